The minimum absolute atomic E-state index is 0.468. The molecular weight excluding hydrogens is 200 g/mol. The van der Waals surface area contributed by atoms with Crippen molar-refractivity contribution in [2.24, 2.45) is 5.92 Å². The predicted octanol–water partition coefficient (Wildman–Crippen LogP) is 1.47. The topological polar surface area (TPSA) is 35.5 Å². The average molecular weight is 228 g/mol. The van der Waals surface area contributed by atoms with E-state index in [9.17, 15) is 5.11 Å². The van der Waals surface area contributed by atoms with E-state index in [1.165, 1.54) is 0 Å². The van der Waals surface area contributed by atoms with Crippen molar-refractivity contribution in [1.82, 2.24) is 10.2 Å². The maximum absolute atomic E-state index is 10.5. The highest BCUT2D eigenvalue weighted by Gasteiger charge is 2.32. The Balaban J connectivity index is 2.52. The van der Waals surface area contributed by atoms with Gasteiger partial charge in [0.1, 0.15) is 0 Å². The van der Waals surface area contributed by atoms with Gasteiger partial charge in [-0.1, -0.05) is 13.8 Å². The molecule has 0 bridgehead atoms. The molecule has 1 fully saturated rings. The molecule has 96 valence electrons. The van der Waals surface area contributed by atoms with Gasteiger partial charge in [-0.25, -0.2) is 0 Å². The van der Waals surface area contributed by atoms with Crippen LogP contribution < -0.4 is 5.32 Å². The monoisotopic (exact) mass is 228 g/mol. The summed E-state index contributed by atoms with van der Waals surface area (Å²) < 4.78 is 0. The van der Waals surface area contributed by atoms with Gasteiger partial charge in [-0.15, -0.1) is 0 Å². The molecule has 0 spiro atoms. The van der Waals surface area contributed by atoms with Crippen LogP contribution in [-0.4, -0.2) is 47.8 Å². The molecule has 1 saturated heterocycles. The van der Waals surface area contributed by atoms with Gasteiger partial charge in [0.25, 0.3) is 0 Å². The first kappa shape index (κ1) is 13.9. The maximum Gasteiger partial charge on any atom is 0.0798 e. The second-order valence-corrected chi connectivity index (χ2v) is 5.89. The average Bonchev–Trinajstić information content (AvgIpc) is 2.16. The number of nitrogens with one attached hydrogen (secondary N) is 1. The standard InChI is InChI=1S/C13H28N2O/c1-11(2)9-15(12(3)4)10-13(16)5-7-14-8-6-13/h11-12,14,16H,5-10H2,1-4H3. The summed E-state index contributed by atoms with van der Waals surface area (Å²) in [4.78, 5) is 2.41. The second kappa shape index (κ2) is 5.99. The molecule has 0 radical (unpaired) electrons. The van der Waals surface area contributed by atoms with Crippen LogP contribution in [0.2, 0.25) is 0 Å². The molecule has 3 heteroatoms. The zero-order valence-corrected chi connectivity index (χ0v) is 11.3. The van der Waals surface area contributed by atoms with Gasteiger partial charge in [0.2, 0.25) is 0 Å². The Kier molecular flexibility index (Phi) is 5.22. The van der Waals surface area contributed by atoms with Crippen molar-refractivity contribution in [3.63, 3.8) is 0 Å². The first-order valence-corrected chi connectivity index (χ1v) is 6.60. The molecule has 1 aliphatic heterocycles. The van der Waals surface area contributed by atoms with Gasteiger partial charge >= 0.3 is 0 Å². The molecule has 0 aromatic rings. The van der Waals surface area contributed by atoms with Crippen molar-refractivity contribution >= 4 is 0 Å². The number of nitrogens with zero attached hydrogens (tertiary/aromatic N) is 1. The molecule has 1 heterocycles. The molecule has 0 aromatic carbocycles. The summed E-state index contributed by atoms with van der Waals surface area (Å²) in [5, 5.41) is 13.8. The maximum atomic E-state index is 10.5. The third-order valence-corrected chi connectivity index (χ3v) is 3.36. The van der Waals surface area contributed by atoms with Gasteiger partial charge < -0.3 is 10.4 Å². The van der Waals surface area contributed by atoms with E-state index >= 15 is 0 Å². The Morgan fingerprint density at radius 1 is 1.19 bits per heavy atom. The highest BCUT2D eigenvalue weighted by molar-refractivity contribution is 4.88. The molecule has 1 rings (SSSR count). The smallest absolute Gasteiger partial charge is 0.0798 e. The molecule has 0 aromatic heterocycles. The Morgan fingerprint density at radius 2 is 1.75 bits per heavy atom. The van der Waals surface area contributed by atoms with Crippen LogP contribution in [0, 0.1) is 5.92 Å². The van der Waals surface area contributed by atoms with Gasteiger partial charge in [-0.2, -0.15) is 0 Å². The van der Waals surface area contributed by atoms with Crippen LogP contribution in [0.25, 0.3) is 0 Å². The molecule has 0 amide bonds. The molecule has 16 heavy (non-hydrogen) atoms. The second-order valence-electron chi connectivity index (χ2n) is 5.89. The molecular formula is C13H28N2O. The van der Waals surface area contributed by atoms with Crippen molar-refractivity contribution in [3.8, 4) is 0 Å². The van der Waals surface area contributed by atoms with E-state index in [0.717, 1.165) is 39.0 Å². The van der Waals surface area contributed by atoms with E-state index in [1.807, 2.05) is 0 Å². The van der Waals surface area contributed by atoms with E-state index in [0.29, 0.717) is 12.0 Å². The van der Waals surface area contributed by atoms with E-state index in [-0.39, 0.29) is 0 Å². The van der Waals surface area contributed by atoms with Crippen LogP contribution in [0.1, 0.15) is 40.5 Å². The number of piperidine rings is 1. The summed E-state index contributed by atoms with van der Waals surface area (Å²) in [7, 11) is 0. The van der Waals surface area contributed by atoms with Crippen molar-refractivity contribution in [2.45, 2.75) is 52.2 Å². The van der Waals surface area contributed by atoms with Crippen LogP contribution in [0.15, 0.2) is 0 Å². The van der Waals surface area contributed by atoms with Crippen LogP contribution in [0.4, 0.5) is 0 Å². The minimum atomic E-state index is -0.468. The van der Waals surface area contributed by atoms with E-state index in [4.69, 9.17) is 0 Å². The highest BCUT2D eigenvalue weighted by Crippen LogP contribution is 2.21. The van der Waals surface area contributed by atoms with Crippen LogP contribution in [-0.2, 0) is 0 Å². The fraction of sp³-hybridized carbons (Fsp3) is 1.00. The Bertz CT molecular complexity index is 198. The number of rotatable bonds is 5. The lowest BCUT2D eigenvalue weighted by Gasteiger charge is -2.39. The molecule has 0 saturated carbocycles. The van der Waals surface area contributed by atoms with Gasteiger partial charge in [-0.05, 0) is 45.7 Å². The van der Waals surface area contributed by atoms with Crippen molar-refractivity contribution in [3.05, 3.63) is 0 Å². The summed E-state index contributed by atoms with van der Waals surface area (Å²) in [6.07, 6.45) is 1.77. The number of hydrogen-bond donors (Lipinski definition) is 2. The van der Waals surface area contributed by atoms with E-state index in [2.05, 4.69) is 37.9 Å². The Labute approximate surface area is 100 Å². The van der Waals surface area contributed by atoms with E-state index in [1.54, 1.807) is 0 Å². The normalized spacial score (nSPS) is 21.0. The fourth-order valence-corrected chi connectivity index (χ4v) is 2.36. The molecule has 1 aliphatic rings. The summed E-state index contributed by atoms with van der Waals surface area (Å²) in [6.45, 7) is 12.7. The zero-order valence-electron chi connectivity index (χ0n) is 11.3. The van der Waals surface area contributed by atoms with Gasteiger partial charge in [0, 0.05) is 19.1 Å². The highest BCUT2D eigenvalue weighted by atomic mass is 16.3. The van der Waals surface area contributed by atoms with Gasteiger partial charge in [-0.3, -0.25) is 4.90 Å². The van der Waals surface area contributed by atoms with Crippen molar-refractivity contribution < 1.29 is 5.11 Å². The Morgan fingerprint density at radius 3 is 2.19 bits per heavy atom. The SMILES string of the molecule is CC(C)CN(CC1(O)CCNCC1)C(C)C. The molecule has 0 unspecified atom stereocenters. The summed E-state index contributed by atoms with van der Waals surface area (Å²) >= 11 is 0. The van der Waals surface area contributed by atoms with Crippen LogP contribution >= 0.6 is 0 Å². The molecule has 0 aliphatic carbocycles. The molecule has 0 atom stereocenters. The summed E-state index contributed by atoms with van der Waals surface area (Å²) in [5.74, 6) is 0.660. The third-order valence-electron chi connectivity index (χ3n) is 3.36. The largest absolute Gasteiger partial charge is 0.388 e. The van der Waals surface area contributed by atoms with Gasteiger partial charge in [0.05, 0.1) is 5.60 Å². The predicted molar refractivity (Wildman–Crippen MR) is 68.6 cm³/mol. The van der Waals surface area contributed by atoms with Crippen LogP contribution in [0.5, 0.6) is 0 Å². The van der Waals surface area contributed by atoms with Crippen LogP contribution in [0.3, 0.4) is 0 Å². The number of aliphatic hydroxyl groups is 1. The minimum Gasteiger partial charge on any atom is -0.388 e. The van der Waals surface area contributed by atoms with Crippen molar-refractivity contribution in [1.29, 1.82) is 0 Å². The molecule has 3 nitrogen and oxygen atoms in total. The zero-order chi connectivity index (χ0) is 12.2. The first-order valence-electron chi connectivity index (χ1n) is 6.60. The first-order chi connectivity index (χ1) is 7.43. The number of hydrogen-bond acceptors (Lipinski definition) is 3. The van der Waals surface area contributed by atoms with Crippen molar-refractivity contribution in [2.75, 3.05) is 26.2 Å². The quantitative estimate of drug-likeness (QED) is 0.748. The lowest BCUT2D eigenvalue weighted by Crippen LogP contribution is -2.52. The fourth-order valence-electron chi connectivity index (χ4n) is 2.36. The van der Waals surface area contributed by atoms with Gasteiger partial charge in [0.15, 0.2) is 0 Å². The third kappa shape index (κ3) is 4.40. The summed E-state index contributed by atoms with van der Waals surface area (Å²) in [6, 6.07) is 0.515. The van der Waals surface area contributed by atoms with E-state index < -0.39 is 5.60 Å². The summed E-state index contributed by atoms with van der Waals surface area (Å²) in [5.41, 5.74) is -0.468. The lowest BCUT2D eigenvalue weighted by molar-refractivity contribution is -0.0303. The lowest BCUT2D eigenvalue weighted by atomic mass is 9.91. The Hall–Kier alpha value is -0.120. The molecule has 2 N–H and O–H groups in total.